The van der Waals surface area contributed by atoms with Gasteiger partial charge < -0.3 is 15.5 Å². The lowest BCUT2D eigenvalue weighted by molar-refractivity contribution is 0.123. The van der Waals surface area contributed by atoms with Crippen LogP contribution in [0.4, 0.5) is 8.78 Å². The molecule has 6 nitrogen and oxygen atoms in total. The highest BCUT2D eigenvalue weighted by molar-refractivity contribution is 6.03. The van der Waals surface area contributed by atoms with Crippen LogP contribution in [-0.2, 0) is 6.54 Å². The van der Waals surface area contributed by atoms with E-state index in [1.165, 1.54) is 11.1 Å². The van der Waals surface area contributed by atoms with Crippen molar-refractivity contribution in [3.05, 3.63) is 59.1 Å². The van der Waals surface area contributed by atoms with E-state index >= 15 is 0 Å². The number of amidine groups is 1. The maximum absolute atomic E-state index is 14.2. The standard InChI is InChI=1S/C18H22F2N6/c19-13-3-4-16(20)12(8-13)9-25-11-26(22)17-15(5-6-23-17)18(25)24-7-1-2-14(21)10-24/h3-6,8,14H,1-2,7,9-11,21-22H2. The fourth-order valence-corrected chi connectivity index (χ4v) is 3.79. The predicted octanol–water partition coefficient (Wildman–Crippen LogP) is 1.47. The van der Waals surface area contributed by atoms with Gasteiger partial charge in [0.05, 0.1) is 5.57 Å². The zero-order chi connectivity index (χ0) is 18.3. The molecule has 8 heteroatoms. The van der Waals surface area contributed by atoms with E-state index < -0.39 is 11.6 Å². The fraction of sp³-hybridized carbons (Fsp3) is 0.389. The second-order valence-electron chi connectivity index (χ2n) is 6.90. The first-order valence-electron chi connectivity index (χ1n) is 8.73. The first-order chi connectivity index (χ1) is 12.5. The zero-order valence-electron chi connectivity index (χ0n) is 14.4. The molecule has 4 N–H and O–H groups in total. The molecule has 3 aliphatic heterocycles. The number of halogens is 2. The molecule has 0 aromatic heterocycles. The summed E-state index contributed by atoms with van der Waals surface area (Å²) in [6, 6.07) is 3.60. The van der Waals surface area contributed by atoms with E-state index in [9.17, 15) is 8.78 Å². The van der Waals surface area contributed by atoms with Crippen LogP contribution in [0.3, 0.4) is 0 Å². The van der Waals surface area contributed by atoms with Gasteiger partial charge in [-0.1, -0.05) is 0 Å². The van der Waals surface area contributed by atoms with Crippen LogP contribution in [0.5, 0.6) is 0 Å². The number of hydrazine groups is 1. The lowest BCUT2D eigenvalue weighted by Crippen LogP contribution is -2.55. The van der Waals surface area contributed by atoms with Gasteiger partial charge in [0.2, 0.25) is 0 Å². The molecular formula is C18H22F2N6. The van der Waals surface area contributed by atoms with E-state index in [-0.39, 0.29) is 12.6 Å². The Morgan fingerprint density at radius 2 is 2.12 bits per heavy atom. The summed E-state index contributed by atoms with van der Waals surface area (Å²) >= 11 is 0. The van der Waals surface area contributed by atoms with Crippen LogP contribution in [0.15, 0.2) is 46.9 Å². The molecular weight excluding hydrogens is 338 g/mol. The van der Waals surface area contributed by atoms with Crippen molar-refractivity contribution in [2.45, 2.75) is 25.4 Å². The van der Waals surface area contributed by atoms with Crippen molar-refractivity contribution in [2.24, 2.45) is 16.6 Å². The fourth-order valence-electron chi connectivity index (χ4n) is 3.79. The third-order valence-electron chi connectivity index (χ3n) is 4.94. The molecule has 1 aromatic rings. The minimum atomic E-state index is -0.458. The molecule has 4 rings (SSSR count). The number of aliphatic imine (C=N–C) groups is 1. The SMILES string of the molecule is NC1CCCN(C2=C3C=CN=C3N(N)CN2Cc2cc(F)ccc2F)C1. The Morgan fingerprint density at radius 3 is 2.92 bits per heavy atom. The van der Waals surface area contributed by atoms with E-state index in [2.05, 4.69) is 9.89 Å². The van der Waals surface area contributed by atoms with Gasteiger partial charge in [-0.25, -0.2) is 19.6 Å². The van der Waals surface area contributed by atoms with Gasteiger partial charge in [-0.15, -0.1) is 0 Å². The van der Waals surface area contributed by atoms with Gasteiger partial charge in [0.1, 0.15) is 24.1 Å². The smallest absolute Gasteiger partial charge is 0.155 e. The van der Waals surface area contributed by atoms with Gasteiger partial charge in [-0.05, 0) is 37.1 Å². The first-order valence-corrected chi connectivity index (χ1v) is 8.73. The normalized spacial score (nSPS) is 22.8. The van der Waals surface area contributed by atoms with E-state index in [1.807, 2.05) is 11.0 Å². The molecule has 0 spiro atoms. The van der Waals surface area contributed by atoms with Crippen LogP contribution in [0.25, 0.3) is 0 Å². The summed E-state index contributed by atoms with van der Waals surface area (Å²) in [5, 5.41) is 1.53. The summed E-state index contributed by atoms with van der Waals surface area (Å²) in [5.74, 6) is 6.85. The lowest BCUT2D eigenvalue weighted by atomic mass is 10.0. The van der Waals surface area contributed by atoms with E-state index in [4.69, 9.17) is 11.6 Å². The van der Waals surface area contributed by atoms with E-state index in [1.54, 1.807) is 6.20 Å². The number of fused-ring (bicyclic) bond motifs is 1. The molecule has 1 fully saturated rings. The molecule has 3 aliphatic rings. The highest BCUT2D eigenvalue weighted by Crippen LogP contribution is 2.30. The van der Waals surface area contributed by atoms with Gasteiger partial charge in [0, 0.05) is 37.4 Å². The molecule has 26 heavy (non-hydrogen) atoms. The summed E-state index contributed by atoms with van der Waals surface area (Å²) in [6.07, 6.45) is 5.58. The van der Waals surface area contributed by atoms with Gasteiger partial charge in [0.25, 0.3) is 0 Å². The largest absolute Gasteiger partial charge is 0.356 e. The summed E-state index contributed by atoms with van der Waals surface area (Å²) in [5.41, 5.74) is 7.35. The van der Waals surface area contributed by atoms with Crippen LogP contribution in [-0.4, -0.2) is 46.4 Å². The molecule has 0 radical (unpaired) electrons. The minimum absolute atomic E-state index is 0.0892. The van der Waals surface area contributed by atoms with Crippen molar-refractivity contribution in [3.8, 4) is 0 Å². The van der Waals surface area contributed by atoms with Gasteiger partial charge in [-0.2, -0.15) is 0 Å². The summed E-state index contributed by atoms with van der Waals surface area (Å²) in [4.78, 5) is 8.50. The summed E-state index contributed by atoms with van der Waals surface area (Å²) < 4.78 is 27.8. The highest BCUT2D eigenvalue weighted by Gasteiger charge is 2.34. The Bertz CT molecular complexity index is 803. The Hall–Kier alpha value is -2.45. The van der Waals surface area contributed by atoms with Crippen molar-refractivity contribution >= 4 is 5.84 Å². The minimum Gasteiger partial charge on any atom is -0.356 e. The molecule has 0 amide bonds. The average molecular weight is 360 g/mol. The molecule has 1 atom stereocenters. The molecule has 1 aromatic carbocycles. The van der Waals surface area contributed by atoms with Gasteiger partial charge in [0.15, 0.2) is 5.84 Å². The van der Waals surface area contributed by atoms with Crippen molar-refractivity contribution in [2.75, 3.05) is 19.8 Å². The summed E-state index contributed by atoms with van der Waals surface area (Å²) in [7, 11) is 0. The third-order valence-corrected chi connectivity index (χ3v) is 4.94. The Labute approximate surface area is 151 Å². The molecule has 138 valence electrons. The van der Waals surface area contributed by atoms with Crippen LogP contribution < -0.4 is 11.6 Å². The molecule has 0 aliphatic carbocycles. The zero-order valence-corrected chi connectivity index (χ0v) is 14.4. The van der Waals surface area contributed by atoms with Crippen molar-refractivity contribution in [1.82, 2.24) is 14.8 Å². The van der Waals surface area contributed by atoms with Gasteiger partial charge >= 0.3 is 0 Å². The number of piperidine rings is 1. The van der Waals surface area contributed by atoms with Crippen molar-refractivity contribution in [3.63, 3.8) is 0 Å². The third kappa shape index (κ3) is 3.06. The molecule has 0 saturated carbocycles. The Morgan fingerprint density at radius 1 is 1.27 bits per heavy atom. The lowest BCUT2D eigenvalue weighted by Gasteiger charge is -2.45. The molecule has 0 bridgehead atoms. The number of likely N-dealkylation sites (tertiary alicyclic amines) is 1. The maximum Gasteiger partial charge on any atom is 0.155 e. The second kappa shape index (κ2) is 6.69. The highest BCUT2D eigenvalue weighted by atomic mass is 19.1. The number of nitrogens with two attached hydrogens (primary N) is 2. The Balaban J connectivity index is 1.72. The molecule has 3 heterocycles. The van der Waals surface area contributed by atoms with Crippen LogP contribution in [0.1, 0.15) is 18.4 Å². The van der Waals surface area contributed by atoms with E-state index in [0.717, 1.165) is 42.9 Å². The van der Waals surface area contributed by atoms with Gasteiger partial charge in [-0.3, -0.25) is 5.01 Å². The number of rotatable bonds is 3. The average Bonchev–Trinajstić information content (AvgIpc) is 3.08. The van der Waals surface area contributed by atoms with Crippen LogP contribution in [0, 0.1) is 11.6 Å². The second-order valence-corrected chi connectivity index (χ2v) is 6.90. The number of nitrogens with zero attached hydrogens (tertiary/aromatic N) is 4. The van der Waals surface area contributed by atoms with Crippen LogP contribution >= 0.6 is 0 Å². The first kappa shape index (κ1) is 17.0. The van der Waals surface area contributed by atoms with Crippen LogP contribution in [0.2, 0.25) is 0 Å². The number of hydrogen-bond donors (Lipinski definition) is 2. The summed E-state index contributed by atoms with van der Waals surface area (Å²) in [6.45, 7) is 2.12. The topological polar surface area (TPSA) is 74.1 Å². The number of hydrogen-bond acceptors (Lipinski definition) is 6. The molecule has 1 saturated heterocycles. The van der Waals surface area contributed by atoms with Crippen molar-refractivity contribution in [1.29, 1.82) is 0 Å². The monoisotopic (exact) mass is 360 g/mol. The maximum atomic E-state index is 14.2. The van der Waals surface area contributed by atoms with E-state index in [0.29, 0.717) is 24.6 Å². The molecule has 1 unspecified atom stereocenters. The Kier molecular flexibility index (Phi) is 4.37. The predicted molar refractivity (Wildman–Crippen MR) is 95.2 cm³/mol. The quantitative estimate of drug-likeness (QED) is 0.799. The number of benzene rings is 1. The van der Waals surface area contributed by atoms with Crippen molar-refractivity contribution < 1.29 is 8.78 Å².